The summed E-state index contributed by atoms with van der Waals surface area (Å²) in [6.45, 7) is 6.27. The first-order valence-corrected chi connectivity index (χ1v) is 7.15. The van der Waals surface area contributed by atoms with Crippen molar-refractivity contribution >= 4 is 11.8 Å². The average molecular weight is 274 g/mol. The van der Waals surface area contributed by atoms with Crippen LogP contribution in [-0.4, -0.2) is 47.8 Å². The normalized spacial score (nSPS) is 15.3. The van der Waals surface area contributed by atoms with Crippen LogP contribution in [0.25, 0.3) is 0 Å². The largest absolute Gasteiger partial charge is 0.339 e. The summed E-state index contributed by atoms with van der Waals surface area (Å²) in [5, 5.41) is 0. The Kier molecular flexibility index (Phi) is 4.77. The Bertz CT molecular complexity index is 491. The van der Waals surface area contributed by atoms with Crippen LogP contribution in [0.15, 0.2) is 24.3 Å². The van der Waals surface area contributed by atoms with E-state index in [0.29, 0.717) is 32.6 Å². The molecule has 2 amide bonds. The molecule has 0 radical (unpaired) electrons. The lowest BCUT2D eigenvalue weighted by Gasteiger charge is -2.34. The first-order valence-electron chi connectivity index (χ1n) is 7.15. The highest BCUT2D eigenvalue weighted by molar-refractivity contribution is 5.77. The molecule has 2 rings (SSSR count). The highest BCUT2D eigenvalue weighted by atomic mass is 16.2. The topological polar surface area (TPSA) is 40.6 Å². The number of aryl methyl sites for hydroxylation is 2. The van der Waals surface area contributed by atoms with Gasteiger partial charge in [-0.3, -0.25) is 9.59 Å². The van der Waals surface area contributed by atoms with E-state index in [1.807, 2.05) is 11.0 Å². The van der Waals surface area contributed by atoms with E-state index in [0.717, 1.165) is 6.42 Å². The van der Waals surface area contributed by atoms with Gasteiger partial charge in [-0.2, -0.15) is 0 Å². The Hall–Kier alpha value is -1.84. The van der Waals surface area contributed by atoms with Crippen molar-refractivity contribution in [1.82, 2.24) is 9.80 Å². The molecule has 0 spiro atoms. The van der Waals surface area contributed by atoms with E-state index in [2.05, 4.69) is 25.1 Å². The summed E-state index contributed by atoms with van der Waals surface area (Å²) in [6.07, 6.45) is 1.33. The summed E-state index contributed by atoms with van der Waals surface area (Å²) in [5.41, 5.74) is 2.44. The van der Waals surface area contributed by atoms with Crippen LogP contribution in [0, 0.1) is 6.92 Å². The van der Waals surface area contributed by atoms with Crippen molar-refractivity contribution in [3.05, 3.63) is 35.4 Å². The summed E-state index contributed by atoms with van der Waals surface area (Å²) in [6, 6.07) is 8.28. The zero-order valence-electron chi connectivity index (χ0n) is 12.3. The fourth-order valence-electron chi connectivity index (χ4n) is 2.55. The van der Waals surface area contributed by atoms with E-state index >= 15 is 0 Å². The summed E-state index contributed by atoms with van der Waals surface area (Å²) in [5.74, 6) is 0.284. The SMILES string of the molecule is CC(=O)N1CCN(C(=O)CCc2cccc(C)c2)CC1. The van der Waals surface area contributed by atoms with Crippen molar-refractivity contribution in [2.24, 2.45) is 0 Å². The summed E-state index contributed by atoms with van der Waals surface area (Å²) < 4.78 is 0. The molecule has 0 aromatic heterocycles. The van der Waals surface area contributed by atoms with Gasteiger partial charge in [0.05, 0.1) is 0 Å². The van der Waals surface area contributed by atoms with Crippen LogP contribution >= 0.6 is 0 Å². The smallest absolute Gasteiger partial charge is 0.223 e. The maximum Gasteiger partial charge on any atom is 0.223 e. The van der Waals surface area contributed by atoms with Gasteiger partial charge in [0.2, 0.25) is 11.8 Å². The van der Waals surface area contributed by atoms with Gasteiger partial charge in [-0.25, -0.2) is 0 Å². The fourth-order valence-corrected chi connectivity index (χ4v) is 2.55. The van der Waals surface area contributed by atoms with Gasteiger partial charge in [-0.05, 0) is 18.9 Å². The van der Waals surface area contributed by atoms with Crippen molar-refractivity contribution in [1.29, 1.82) is 0 Å². The van der Waals surface area contributed by atoms with Gasteiger partial charge in [-0.15, -0.1) is 0 Å². The van der Waals surface area contributed by atoms with Crippen LogP contribution in [0.5, 0.6) is 0 Å². The van der Waals surface area contributed by atoms with Crippen molar-refractivity contribution in [3.8, 4) is 0 Å². The van der Waals surface area contributed by atoms with E-state index in [1.165, 1.54) is 11.1 Å². The molecule has 0 saturated carbocycles. The van der Waals surface area contributed by atoms with E-state index in [9.17, 15) is 9.59 Å². The first-order chi connectivity index (χ1) is 9.56. The molecular weight excluding hydrogens is 252 g/mol. The number of piperazine rings is 1. The number of carbonyl (C=O) groups excluding carboxylic acids is 2. The second kappa shape index (κ2) is 6.55. The van der Waals surface area contributed by atoms with Crippen LogP contribution in [-0.2, 0) is 16.0 Å². The van der Waals surface area contributed by atoms with E-state index in [4.69, 9.17) is 0 Å². The minimum atomic E-state index is 0.0943. The molecule has 1 fully saturated rings. The van der Waals surface area contributed by atoms with E-state index < -0.39 is 0 Å². The molecule has 4 nitrogen and oxygen atoms in total. The number of carbonyl (C=O) groups is 2. The lowest BCUT2D eigenvalue weighted by atomic mass is 10.1. The van der Waals surface area contributed by atoms with E-state index in [-0.39, 0.29) is 11.8 Å². The maximum absolute atomic E-state index is 12.2. The Balaban J connectivity index is 1.80. The van der Waals surface area contributed by atoms with Crippen molar-refractivity contribution < 1.29 is 9.59 Å². The molecule has 0 atom stereocenters. The molecule has 4 heteroatoms. The molecule has 0 aliphatic carbocycles. The molecule has 108 valence electrons. The Morgan fingerprint density at radius 3 is 2.35 bits per heavy atom. The number of rotatable bonds is 3. The van der Waals surface area contributed by atoms with Gasteiger partial charge in [0.25, 0.3) is 0 Å². The van der Waals surface area contributed by atoms with Crippen molar-refractivity contribution in [2.45, 2.75) is 26.7 Å². The molecule has 1 aromatic rings. The highest BCUT2D eigenvalue weighted by Crippen LogP contribution is 2.09. The molecule has 1 aliphatic heterocycles. The summed E-state index contributed by atoms with van der Waals surface area (Å²) in [4.78, 5) is 27.1. The molecule has 1 aromatic carbocycles. The Morgan fingerprint density at radius 2 is 1.75 bits per heavy atom. The summed E-state index contributed by atoms with van der Waals surface area (Å²) >= 11 is 0. The van der Waals surface area contributed by atoms with Gasteiger partial charge in [0.1, 0.15) is 0 Å². The molecule has 1 aliphatic rings. The van der Waals surface area contributed by atoms with Crippen LogP contribution in [0.2, 0.25) is 0 Å². The van der Waals surface area contributed by atoms with Gasteiger partial charge in [-0.1, -0.05) is 29.8 Å². The molecule has 1 saturated heterocycles. The van der Waals surface area contributed by atoms with Gasteiger partial charge >= 0.3 is 0 Å². The van der Waals surface area contributed by atoms with Crippen LogP contribution in [0.3, 0.4) is 0 Å². The third kappa shape index (κ3) is 3.83. The van der Waals surface area contributed by atoms with Crippen LogP contribution in [0.4, 0.5) is 0 Å². The number of nitrogens with zero attached hydrogens (tertiary/aromatic N) is 2. The fraction of sp³-hybridized carbons (Fsp3) is 0.500. The Morgan fingerprint density at radius 1 is 1.10 bits per heavy atom. The molecule has 0 unspecified atom stereocenters. The second-order valence-electron chi connectivity index (χ2n) is 5.38. The van der Waals surface area contributed by atoms with E-state index in [1.54, 1.807) is 11.8 Å². The number of benzene rings is 1. The molecule has 20 heavy (non-hydrogen) atoms. The zero-order chi connectivity index (χ0) is 14.5. The minimum Gasteiger partial charge on any atom is -0.339 e. The van der Waals surface area contributed by atoms with Gasteiger partial charge in [0, 0.05) is 39.5 Å². The number of hydrogen-bond acceptors (Lipinski definition) is 2. The molecule has 0 bridgehead atoms. The third-order valence-electron chi connectivity index (χ3n) is 3.79. The predicted octanol–water partition coefficient (Wildman–Crippen LogP) is 1.62. The zero-order valence-corrected chi connectivity index (χ0v) is 12.3. The number of amides is 2. The van der Waals surface area contributed by atoms with Crippen molar-refractivity contribution in [2.75, 3.05) is 26.2 Å². The molecule has 1 heterocycles. The number of hydrogen-bond donors (Lipinski definition) is 0. The second-order valence-corrected chi connectivity index (χ2v) is 5.38. The highest BCUT2D eigenvalue weighted by Gasteiger charge is 2.21. The van der Waals surface area contributed by atoms with Crippen LogP contribution < -0.4 is 0 Å². The lowest BCUT2D eigenvalue weighted by molar-refractivity contribution is -0.138. The lowest BCUT2D eigenvalue weighted by Crippen LogP contribution is -2.50. The predicted molar refractivity (Wildman–Crippen MR) is 78.3 cm³/mol. The van der Waals surface area contributed by atoms with Gasteiger partial charge < -0.3 is 9.80 Å². The van der Waals surface area contributed by atoms with Gasteiger partial charge in [0.15, 0.2) is 0 Å². The minimum absolute atomic E-state index is 0.0943. The third-order valence-corrected chi connectivity index (χ3v) is 3.79. The Labute approximate surface area is 120 Å². The summed E-state index contributed by atoms with van der Waals surface area (Å²) in [7, 11) is 0. The average Bonchev–Trinajstić information content (AvgIpc) is 2.45. The van der Waals surface area contributed by atoms with Crippen molar-refractivity contribution in [3.63, 3.8) is 0 Å². The molecule has 0 N–H and O–H groups in total. The molecular formula is C16H22N2O2. The standard InChI is InChI=1S/C16H22N2O2/c1-13-4-3-5-15(12-13)6-7-16(20)18-10-8-17(9-11-18)14(2)19/h3-5,12H,6-11H2,1-2H3. The maximum atomic E-state index is 12.2. The first kappa shape index (κ1) is 14.6. The monoisotopic (exact) mass is 274 g/mol. The quantitative estimate of drug-likeness (QED) is 0.840. The van der Waals surface area contributed by atoms with Crippen LogP contribution in [0.1, 0.15) is 24.5 Å².